The summed E-state index contributed by atoms with van der Waals surface area (Å²) in [5, 5.41) is 3.35. The number of nitrogens with zero attached hydrogens (tertiary/aromatic N) is 2. The number of hydrogen-bond acceptors (Lipinski definition) is 4. The number of amides is 1. The van der Waals surface area contributed by atoms with Gasteiger partial charge in [-0.05, 0) is 18.2 Å². The molecule has 5 nitrogen and oxygen atoms in total. The zero-order chi connectivity index (χ0) is 14.5. The van der Waals surface area contributed by atoms with E-state index in [1.807, 2.05) is 17.8 Å². The van der Waals surface area contributed by atoms with E-state index in [4.69, 9.17) is 5.73 Å². The van der Waals surface area contributed by atoms with Gasteiger partial charge >= 0.3 is 0 Å². The lowest BCUT2D eigenvalue weighted by atomic mass is 10.2. The third-order valence-corrected chi connectivity index (χ3v) is 3.66. The molecular weight excluding hydrogens is 279 g/mol. The SMILES string of the molecule is Cn1ccnc1SCCC(=O)Nc1cc(N)ccc1F. The number of imidazole rings is 1. The molecule has 3 N–H and O–H groups in total. The van der Waals surface area contributed by atoms with E-state index in [2.05, 4.69) is 10.3 Å². The van der Waals surface area contributed by atoms with E-state index in [-0.39, 0.29) is 18.0 Å². The number of halogens is 1. The van der Waals surface area contributed by atoms with Gasteiger partial charge in [0.25, 0.3) is 0 Å². The third-order valence-electron chi connectivity index (χ3n) is 2.60. The topological polar surface area (TPSA) is 72.9 Å². The molecule has 7 heteroatoms. The second kappa shape index (κ2) is 6.42. The minimum atomic E-state index is -0.496. The van der Waals surface area contributed by atoms with Crippen molar-refractivity contribution in [2.24, 2.45) is 7.05 Å². The van der Waals surface area contributed by atoms with Gasteiger partial charge in [-0.2, -0.15) is 0 Å². The first-order chi connectivity index (χ1) is 9.56. The first-order valence-electron chi connectivity index (χ1n) is 6.01. The Kier molecular flexibility index (Phi) is 4.62. The molecule has 0 aliphatic heterocycles. The summed E-state index contributed by atoms with van der Waals surface area (Å²) < 4.78 is 15.3. The first-order valence-corrected chi connectivity index (χ1v) is 7.00. The molecule has 0 bridgehead atoms. The maximum Gasteiger partial charge on any atom is 0.225 e. The summed E-state index contributed by atoms with van der Waals surface area (Å²) >= 11 is 1.47. The largest absolute Gasteiger partial charge is 0.399 e. The number of thioether (sulfide) groups is 1. The van der Waals surface area contributed by atoms with Crippen molar-refractivity contribution < 1.29 is 9.18 Å². The van der Waals surface area contributed by atoms with Crippen LogP contribution in [0.5, 0.6) is 0 Å². The lowest BCUT2D eigenvalue weighted by Gasteiger charge is -2.07. The van der Waals surface area contributed by atoms with Crippen molar-refractivity contribution in [3.63, 3.8) is 0 Å². The van der Waals surface area contributed by atoms with Crippen LogP contribution in [-0.2, 0) is 11.8 Å². The molecular formula is C13H15FN4OS. The number of aromatic nitrogens is 2. The van der Waals surface area contributed by atoms with Crippen molar-refractivity contribution in [3.8, 4) is 0 Å². The zero-order valence-corrected chi connectivity index (χ0v) is 11.8. The van der Waals surface area contributed by atoms with E-state index in [9.17, 15) is 9.18 Å². The third kappa shape index (κ3) is 3.74. The first kappa shape index (κ1) is 14.4. The molecule has 0 aliphatic rings. The monoisotopic (exact) mass is 294 g/mol. The lowest BCUT2D eigenvalue weighted by molar-refractivity contribution is -0.115. The molecule has 0 aliphatic carbocycles. The van der Waals surface area contributed by atoms with Crippen molar-refractivity contribution in [1.29, 1.82) is 0 Å². The molecule has 0 radical (unpaired) electrons. The zero-order valence-electron chi connectivity index (χ0n) is 11.0. The Hall–Kier alpha value is -2.02. The summed E-state index contributed by atoms with van der Waals surface area (Å²) in [7, 11) is 1.89. The van der Waals surface area contributed by atoms with Crippen molar-refractivity contribution in [1.82, 2.24) is 9.55 Å². The van der Waals surface area contributed by atoms with Gasteiger partial charge in [0.1, 0.15) is 5.82 Å². The molecule has 2 rings (SSSR count). The van der Waals surface area contributed by atoms with E-state index in [1.165, 1.54) is 30.0 Å². The second-order valence-corrected chi connectivity index (χ2v) is 5.27. The average molecular weight is 294 g/mol. The van der Waals surface area contributed by atoms with Crippen LogP contribution < -0.4 is 11.1 Å². The summed E-state index contributed by atoms with van der Waals surface area (Å²) in [6.45, 7) is 0. The van der Waals surface area contributed by atoms with Crippen LogP contribution in [0.1, 0.15) is 6.42 Å². The Morgan fingerprint density at radius 3 is 3.05 bits per heavy atom. The summed E-state index contributed by atoms with van der Waals surface area (Å²) in [5.41, 5.74) is 6.07. The number of hydrogen-bond donors (Lipinski definition) is 2. The Bertz CT molecular complexity index is 614. The molecule has 1 aromatic heterocycles. The van der Waals surface area contributed by atoms with Gasteiger partial charge in [-0.3, -0.25) is 4.79 Å². The molecule has 2 aromatic rings. The van der Waals surface area contributed by atoms with Gasteiger partial charge in [0.2, 0.25) is 5.91 Å². The minimum absolute atomic E-state index is 0.108. The van der Waals surface area contributed by atoms with E-state index in [0.29, 0.717) is 11.4 Å². The number of anilines is 2. The maximum atomic E-state index is 13.4. The molecule has 20 heavy (non-hydrogen) atoms. The lowest BCUT2D eigenvalue weighted by Crippen LogP contribution is -2.13. The molecule has 0 fully saturated rings. The summed E-state index contributed by atoms with van der Waals surface area (Å²) in [6, 6.07) is 4.08. The van der Waals surface area contributed by atoms with Crippen LogP contribution >= 0.6 is 11.8 Å². The highest BCUT2D eigenvalue weighted by Crippen LogP contribution is 2.19. The molecule has 0 unspecified atom stereocenters. The van der Waals surface area contributed by atoms with Gasteiger partial charge < -0.3 is 15.6 Å². The van der Waals surface area contributed by atoms with E-state index in [1.54, 1.807) is 6.20 Å². The fourth-order valence-corrected chi connectivity index (χ4v) is 2.45. The molecule has 0 spiro atoms. The van der Waals surface area contributed by atoms with Crippen molar-refractivity contribution in [2.75, 3.05) is 16.8 Å². The number of aryl methyl sites for hydroxylation is 1. The molecule has 0 saturated heterocycles. The van der Waals surface area contributed by atoms with Crippen LogP contribution in [0.15, 0.2) is 35.7 Å². The van der Waals surface area contributed by atoms with E-state index in [0.717, 1.165) is 5.16 Å². The van der Waals surface area contributed by atoms with Crippen molar-refractivity contribution in [3.05, 3.63) is 36.4 Å². The number of nitrogens with one attached hydrogen (secondary N) is 1. The Balaban J connectivity index is 1.84. The molecule has 1 amide bonds. The van der Waals surface area contributed by atoms with Crippen LogP contribution in [0.3, 0.4) is 0 Å². The van der Waals surface area contributed by atoms with Crippen LogP contribution in [-0.4, -0.2) is 21.2 Å². The average Bonchev–Trinajstić information content (AvgIpc) is 2.80. The second-order valence-electron chi connectivity index (χ2n) is 4.21. The number of carbonyl (C=O) groups is 1. The van der Waals surface area contributed by atoms with Crippen molar-refractivity contribution >= 4 is 29.0 Å². The predicted octanol–water partition coefficient (Wildman–Crippen LogP) is 2.26. The van der Waals surface area contributed by atoms with Gasteiger partial charge in [0.15, 0.2) is 5.16 Å². The normalized spacial score (nSPS) is 10.5. The highest BCUT2D eigenvalue weighted by Gasteiger charge is 2.08. The Morgan fingerprint density at radius 1 is 1.55 bits per heavy atom. The number of benzene rings is 1. The number of carbonyl (C=O) groups excluding carboxylic acids is 1. The molecule has 1 heterocycles. The summed E-state index contributed by atoms with van der Waals surface area (Å²) in [4.78, 5) is 15.9. The Morgan fingerprint density at radius 2 is 2.35 bits per heavy atom. The number of nitrogen functional groups attached to an aromatic ring is 1. The number of nitrogens with two attached hydrogens (primary N) is 1. The molecule has 1 aromatic carbocycles. The van der Waals surface area contributed by atoms with Crippen LogP contribution in [0, 0.1) is 5.82 Å². The standard InChI is InChI=1S/C13H15FN4OS/c1-18-6-5-16-13(18)20-7-4-12(19)17-11-8-9(15)2-3-10(11)14/h2-3,5-6,8H,4,7,15H2,1H3,(H,17,19). The smallest absolute Gasteiger partial charge is 0.225 e. The van der Waals surface area contributed by atoms with Gasteiger partial charge in [0, 0.05) is 37.3 Å². The molecule has 106 valence electrons. The molecule has 0 atom stereocenters. The highest BCUT2D eigenvalue weighted by molar-refractivity contribution is 7.99. The summed E-state index contributed by atoms with van der Waals surface area (Å²) in [5.74, 6) is -0.179. The Labute approximate surface area is 120 Å². The number of rotatable bonds is 5. The van der Waals surface area contributed by atoms with Crippen LogP contribution in [0.25, 0.3) is 0 Å². The van der Waals surface area contributed by atoms with E-state index >= 15 is 0 Å². The fourth-order valence-electron chi connectivity index (χ4n) is 1.58. The maximum absolute atomic E-state index is 13.4. The quantitative estimate of drug-likeness (QED) is 0.655. The van der Waals surface area contributed by atoms with Crippen molar-refractivity contribution in [2.45, 2.75) is 11.6 Å². The fraction of sp³-hybridized carbons (Fsp3) is 0.231. The van der Waals surface area contributed by atoms with Gasteiger partial charge in [0.05, 0.1) is 5.69 Å². The van der Waals surface area contributed by atoms with Crippen LogP contribution in [0.4, 0.5) is 15.8 Å². The predicted molar refractivity (Wildman–Crippen MR) is 78.0 cm³/mol. The minimum Gasteiger partial charge on any atom is -0.399 e. The molecule has 0 saturated carbocycles. The summed E-state index contributed by atoms with van der Waals surface area (Å²) in [6.07, 6.45) is 3.81. The highest BCUT2D eigenvalue weighted by atomic mass is 32.2. The van der Waals surface area contributed by atoms with Gasteiger partial charge in [-0.1, -0.05) is 11.8 Å². The van der Waals surface area contributed by atoms with Gasteiger partial charge in [-0.25, -0.2) is 9.37 Å². The van der Waals surface area contributed by atoms with Crippen LogP contribution in [0.2, 0.25) is 0 Å². The van der Waals surface area contributed by atoms with E-state index < -0.39 is 5.82 Å². The van der Waals surface area contributed by atoms with Gasteiger partial charge in [-0.15, -0.1) is 0 Å².